The molecule has 2 aliphatic rings. The number of benzene rings is 1. The molecule has 0 amide bonds. The Kier molecular flexibility index (Phi) is 4.88. The van der Waals surface area contributed by atoms with Gasteiger partial charge in [0.25, 0.3) is 0 Å². The van der Waals surface area contributed by atoms with Gasteiger partial charge < -0.3 is 19.7 Å². The van der Waals surface area contributed by atoms with Gasteiger partial charge in [-0.3, -0.25) is 4.90 Å². The zero-order chi connectivity index (χ0) is 19.2. The first-order valence-corrected chi connectivity index (χ1v) is 9.37. The zero-order valence-corrected chi connectivity index (χ0v) is 16.3. The van der Waals surface area contributed by atoms with Gasteiger partial charge in [0.15, 0.2) is 0 Å². The predicted molar refractivity (Wildman–Crippen MR) is 97.4 cm³/mol. The minimum atomic E-state index is -1.01. The standard InChI is InChI=1S/C21H29NO4/c1-12(2)8-17(20(23)24)22-11-16-14(9-13(22)3)6-7-15-10-18(21(4,5)25)26-19(15)16/h6-7,9,12,17-18,25H,8,10-11H2,1-5H3,(H,23,24). The summed E-state index contributed by atoms with van der Waals surface area (Å²) in [6.07, 6.45) is 3.00. The predicted octanol–water partition coefficient (Wildman–Crippen LogP) is 0.685. The zero-order valence-electron chi connectivity index (χ0n) is 16.3. The average Bonchev–Trinajstić information content (AvgIpc) is 2.96. The molecule has 0 bridgehead atoms. The van der Waals surface area contributed by atoms with Crippen molar-refractivity contribution in [1.29, 1.82) is 0 Å². The van der Waals surface area contributed by atoms with Crippen LogP contribution in [0.5, 0.6) is 5.75 Å². The molecule has 142 valence electrons. The number of ether oxygens (including phenoxy) is 1. The Hall–Kier alpha value is -1.85. The smallest absolute Gasteiger partial charge is 0.132 e. The number of quaternary nitrogens is 1. The Bertz CT molecular complexity index is 745. The van der Waals surface area contributed by atoms with Crippen molar-refractivity contribution in [2.75, 3.05) is 0 Å². The number of carboxylic acids is 1. The summed E-state index contributed by atoms with van der Waals surface area (Å²) in [5.74, 6) is 0.0854. The van der Waals surface area contributed by atoms with Gasteiger partial charge in [-0.2, -0.15) is 0 Å². The van der Waals surface area contributed by atoms with Gasteiger partial charge in [0.2, 0.25) is 0 Å². The van der Waals surface area contributed by atoms with Gasteiger partial charge in [-0.1, -0.05) is 26.0 Å². The van der Waals surface area contributed by atoms with Crippen LogP contribution in [0.3, 0.4) is 0 Å². The summed E-state index contributed by atoms with van der Waals surface area (Å²) in [4.78, 5) is 12.7. The molecule has 26 heavy (non-hydrogen) atoms. The Morgan fingerprint density at radius 3 is 2.69 bits per heavy atom. The molecule has 2 N–H and O–H groups in total. The fourth-order valence-electron chi connectivity index (χ4n) is 4.00. The lowest BCUT2D eigenvalue weighted by atomic mass is 9.93. The second-order valence-electron chi connectivity index (χ2n) is 8.62. The van der Waals surface area contributed by atoms with Gasteiger partial charge in [-0.05, 0) is 30.9 Å². The normalized spacial score (nSPS) is 23.1. The van der Waals surface area contributed by atoms with Crippen molar-refractivity contribution < 1.29 is 24.6 Å². The van der Waals surface area contributed by atoms with E-state index in [-0.39, 0.29) is 12.0 Å². The first kappa shape index (κ1) is 18.9. The van der Waals surface area contributed by atoms with Crippen molar-refractivity contribution >= 4 is 12.0 Å². The third-order valence-corrected chi connectivity index (χ3v) is 5.49. The van der Waals surface area contributed by atoms with Crippen molar-refractivity contribution in [3.05, 3.63) is 34.5 Å². The van der Waals surface area contributed by atoms with Crippen LogP contribution in [0.1, 0.15) is 57.7 Å². The Morgan fingerprint density at radius 2 is 2.12 bits per heavy atom. The van der Waals surface area contributed by atoms with Gasteiger partial charge in [0.1, 0.15) is 30.1 Å². The van der Waals surface area contributed by atoms with E-state index in [0.29, 0.717) is 19.4 Å². The van der Waals surface area contributed by atoms with E-state index in [1.807, 2.05) is 26.8 Å². The van der Waals surface area contributed by atoms with Gasteiger partial charge in [0.05, 0.1) is 17.1 Å². The Labute approximate surface area is 155 Å². The van der Waals surface area contributed by atoms with Crippen LogP contribution in [0.4, 0.5) is 0 Å². The van der Waals surface area contributed by atoms with E-state index in [1.165, 1.54) is 0 Å². The highest BCUT2D eigenvalue weighted by Crippen LogP contribution is 2.38. The maximum absolute atomic E-state index is 11.8. The molecule has 5 nitrogen and oxygen atoms in total. The molecule has 5 heteroatoms. The number of carboxylic acid groups (broad SMARTS) is 1. The molecule has 0 aromatic heterocycles. The van der Waals surface area contributed by atoms with Crippen LogP contribution in [0.2, 0.25) is 0 Å². The van der Waals surface area contributed by atoms with E-state index >= 15 is 0 Å². The van der Waals surface area contributed by atoms with Crippen LogP contribution in [-0.4, -0.2) is 28.8 Å². The molecule has 1 aromatic rings. The number of nitrogens with one attached hydrogen (secondary N) is 1. The van der Waals surface area contributed by atoms with Crippen molar-refractivity contribution in [2.24, 2.45) is 5.92 Å². The van der Waals surface area contributed by atoms with Crippen molar-refractivity contribution in [1.82, 2.24) is 0 Å². The maximum atomic E-state index is 11.8. The summed E-state index contributed by atoms with van der Waals surface area (Å²) >= 11 is 0. The lowest BCUT2D eigenvalue weighted by Gasteiger charge is -2.34. The topological polar surface area (TPSA) is 74.0 Å². The van der Waals surface area contributed by atoms with Crippen molar-refractivity contribution in [3.63, 3.8) is 0 Å². The summed E-state index contributed by atoms with van der Waals surface area (Å²) in [6.45, 7) is 10.1. The molecule has 0 spiro atoms. The molecular formula is C21H29NO4. The highest BCUT2D eigenvalue weighted by atomic mass is 16.5. The fourth-order valence-corrected chi connectivity index (χ4v) is 4.00. The van der Waals surface area contributed by atoms with Gasteiger partial charge in [-0.25, -0.2) is 0 Å². The van der Waals surface area contributed by atoms with Gasteiger partial charge in [-0.15, -0.1) is 0 Å². The number of allylic oxidation sites excluding steroid dienone is 1. The second-order valence-corrected chi connectivity index (χ2v) is 8.62. The minimum absolute atomic E-state index is 0.275. The fraction of sp³-hybridized carbons (Fsp3) is 0.571. The molecule has 0 saturated heterocycles. The first-order valence-electron chi connectivity index (χ1n) is 9.37. The minimum Gasteiger partial charge on any atom is -0.544 e. The number of hydrogen-bond acceptors (Lipinski definition) is 4. The molecular weight excluding hydrogens is 330 g/mol. The number of hydrogen-bond donors (Lipinski definition) is 2. The quantitative estimate of drug-likeness (QED) is 0.811. The number of rotatable bonds is 5. The second kappa shape index (κ2) is 6.71. The number of carbonyl (C=O) groups is 1. The summed E-state index contributed by atoms with van der Waals surface area (Å²) in [5, 5.41) is 22.1. The average molecular weight is 359 g/mol. The lowest BCUT2D eigenvalue weighted by molar-refractivity contribution is -0.895. The van der Waals surface area contributed by atoms with E-state index in [2.05, 4.69) is 12.1 Å². The van der Waals surface area contributed by atoms with Gasteiger partial charge >= 0.3 is 0 Å². The monoisotopic (exact) mass is 359 g/mol. The van der Waals surface area contributed by atoms with E-state index in [4.69, 9.17) is 4.74 Å². The molecule has 2 heterocycles. The molecule has 0 radical (unpaired) electrons. The third kappa shape index (κ3) is 3.51. The molecule has 0 fully saturated rings. The van der Waals surface area contributed by atoms with E-state index < -0.39 is 17.6 Å². The summed E-state index contributed by atoms with van der Waals surface area (Å²) in [7, 11) is 0. The molecule has 1 aromatic carbocycles. The highest BCUT2D eigenvalue weighted by molar-refractivity contribution is 5.70. The first-order chi connectivity index (χ1) is 12.1. The SMILES string of the molecule is CC1=Cc2ccc3c(c2C[NH+]1C(CC(C)C)C(=O)[O-])OC(C(C)(C)O)C3. The number of aliphatic hydroxyl groups is 1. The molecule has 3 unspecified atom stereocenters. The van der Waals surface area contributed by atoms with Crippen LogP contribution >= 0.6 is 0 Å². The largest absolute Gasteiger partial charge is 0.544 e. The number of carbonyl (C=O) groups excluding carboxylic acids is 1. The Morgan fingerprint density at radius 1 is 1.42 bits per heavy atom. The summed E-state index contributed by atoms with van der Waals surface area (Å²) in [6, 6.07) is 3.54. The van der Waals surface area contributed by atoms with E-state index in [0.717, 1.165) is 33.0 Å². The van der Waals surface area contributed by atoms with E-state index in [1.54, 1.807) is 13.8 Å². The van der Waals surface area contributed by atoms with Crippen LogP contribution in [-0.2, 0) is 17.8 Å². The van der Waals surface area contributed by atoms with Crippen molar-refractivity contribution in [2.45, 2.75) is 71.8 Å². The summed E-state index contributed by atoms with van der Waals surface area (Å²) in [5.41, 5.74) is 3.26. The Balaban J connectivity index is 1.96. The molecule has 3 rings (SSSR count). The number of aliphatic carboxylic acids is 1. The molecule has 0 aliphatic carbocycles. The molecule has 3 atom stereocenters. The van der Waals surface area contributed by atoms with Crippen LogP contribution in [0.15, 0.2) is 17.8 Å². The maximum Gasteiger partial charge on any atom is 0.132 e. The molecule has 2 aliphatic heterocycles. The van der Waals surface area contributed by atoms with E-state index in [9.17, 15) is 15.0 Å². The van der Waals surface area contributed by atoms with Crippen LogP contribution < -0.4 is 14.7 Å². The lowest BCUT2D eigenvalue weighted by Crippen LogP contribution is -3.14. The van der Waals surface area contributed by atoms with Crippen LogP contribution in [0, 0.1) is 5.92 Å². The third-order valence-electron chi connectivity index (χ3n) is 5.49. The summed E-state index contributed by atoms with van der Waals surface area (Å²) < 4.78 is 6.12. The van der Waals surface area contributed by atoms with Crippen LogP contribution in [0.25, 0.3) is 6.08 Å². The highest BCUT2D eigenvalue weighted by Gasteiger charge is 2.39. The molecule has 0 saturated carbocycles. The van der Waals surface area contributed by atoms with Gasteiger partial charge in [0, 0.05) is 25.8 Å². The number of fused-ring (bicyclic) bond motifs is 3. The van der Waals surface area contributed by atoms with Crippen molar-refractivity contribution in [3.8, 4) is 5.75 Å².